The van der Waals surface area contributed by atoms with E-state index in [1.807, 2.05) is 18.8 Å². The average Bonchev–Trinajstić information content (AvgIpc) is 2.86. The number of rotatable bonds is 2. The first-order chi connectivity index (χ1) is 8.72. The van der Waals surface area contributed by atoms with Crippen molar-refractivity contribution in [1.82, 2.24) is 9.97 Å². The lowest BCUT2D eigenvalue weighted by atomic mass is 10.2. The zero-order valence-corrected chi connectivity index (χ0v) is 11.2. The third-order valence-corrected chi connectivity index (χ3v) is 2.06. The van der Waals surface area contributed by atoms with E-state index in [1.165, 1.54) is 25.1 Å². The van der Waals surface area contributed by atoms with Crippen LogP contribution in [0.15, 0.2) is 21.9 Å². The van der Waals surface area contributed by atoms with E-state index in [1.54, 1.807) is 7.11 Å². The summed E-state index contributed by atoms with van der Waals surface area (Å²) in [5.74, 6) is 0. The van der Waals surface area contributed by atoms with Crippen molar-refractivity contribution in [3.8, 4) is 0 Å². The van der Waals surface area contributed by atoms with Gasteiger partial charge in [0.15, 0.2) is 0 Å². The molecule has 6 nitrogen and oxygen atoms in total. The topological polar surface area (TPSA) is 84.2 Å². The maximum atomic E-state index is 10.2. The molecular formula is C12H22N2O4. The fourth-order valence-corrected chi connectivity index (χ4v) is 1.34. The second-order valence-electron chi connectivity index (χ2n) is 3.39. The minimum atomic E-state index is -0.475. The van der Waals surface area contributed by atoms with E-state index in [0.29, 0.717) is 6.10 Å². The molecule has 1 saturated heterocycles. The van der Waals surface area contributed by atoms with E-state index < -0.39 is 5.69 Å². The zero-order chi connectivity index (χ0) is 13.8. The predicted octanol–water partition coefficient (Wildman–Crippen LogP) is 0.901. The van der Waals surface area contributed by atoms with Gasteiger partial charge in [-0.1, -0.05) is 13.8 Å². The van der Waals surface area contributed by atoms with Crippen molar-refractivity contribution < 1.29 is 9.47 Å². The first kappa shape index (κ1) is 16.6. The molecule has 0 aromatic carbocycles. The fraction of sp³-hybridized carbons (Fsp3) is 0.667. The molecular weight excluding hydrogens is 236 g/mol. The summed E-state index contributed by atoms with van der Waals surface area (Å²) in [6.45, 7) is 5.69. The highest BCUT2D eigenvalue weighted by Crippen LogP contribution is 2.10. The van der Waals surface area contributed by atoms with Gasteiger partial charge in [0.1, 0.15) is 0 Å². The zero-order valence-electron chi connectivity index (χ0n) is 11.2. The van der Waals surface area contributed by atoms with Gasteiger partial charge in [-0.3, -0.25) is 9.78 Å². The van der Waals surface area contributed by atoms with E-state index in [4.69, 9.17) is 9.47 Å². The van der Waals surface area contributed by atoms with Gasteiger partial charge >= 0.3 is 5.69 Å². The van der Waals surface area contributed by atoms with Gasteiger partial charge < -0.3 is 14.5 Å². The van der Waals surface area contributed by atoms with Crippen LogP contribution in [0.1, 0.15) is 26.7 Å². The fourth-order valence-electron chi connectivity index (χ4n) is 1.34. The Hall–Kier alpha value is -1.40. The van der Waals surface area contributed by atoms with Crippen LogP contribution >= 0.6 is 0 Å². The summed E-state index contributed by atoms with van der Waals surface area (Å²) in [6, 6.07) is 1.24. The number of aromatic amines is 2. The largest absolute Gasteiger partial charge is 0.382 e. The molecule has 1 aliphatic heterocycles. The van der Waals surface area contributed by atoms with Crippen molar-refractivity contribution in [3.63, 3.8) is 0 Å². The lowest BCUT2D eigenvalue weighted by molar-refractivity contribution is 0.0380. The highest BCUT2D eigenvalue weighted by Gasteiger charge is 2.13. The second kappa shape index (κ2) is 10.7. The van der Waals surface area contributed by atoms with E-state index in [-0.39, 0.29) is 5.56 Å². The highest BCUT2D eigenvalue weighted by molar-refractivity contribution is 4.77. The summed E-state index contributed by atoms with van der Waals surface area (Å²) < 4.78 is 10.2. The van der Waals surface area contributed by atoms with Gasteiger partial charge in [-0.2, -0.15) is 0 Å². The normalized spacial score (nSPS) is 17.2. The van der Waals surface area contributed by atoms with Gasteiger partial charge in [-0.15, -0.1) is 0 Å². The molecule has 2 heterocycles. The number of nitrogens with one attached hydrogen (secondary N) is 2. The Kier molecular flexibility index (Phi) is 9.90. The molecule has 0 saturated carbocycles. The van der Waals surface area contributed by atoms with Crippen molar-refractivity contribution in [1.29, 1.82) is 0 Å². The summed E-state index contributed by atoms with van der Waals surface area (Å²) in [5.41, 5.74) is -0.855. The molecule has 0 radical (unpaired) electrons. The van der Waals surface area contributed by atoms with Gasteiger partial charge in [0, 0.05) is 26.0 Å². The molecule has 18 heavy (non-hydrogen) atoms. The molecule has 104 valence electrons. The summed E-state index contributed by atoms with van der Waals surface area (Å²) in [4.78, 5) is 24.7. The smallest absolute Gasteiger partial charge is 0.325 e. The second-order valence-corrected chi connectivity index (χ2v) is 3.39. The van der Waals surface area contributed by atoms with Crippen molar-refractivity contribution >= 4 is 0 Å². The molecule has 0 spiro atoms. The monoisotopic (exact) mass is 258 g/mol. The minimum absolute atomic E-state index is 0.381. The molecule has 1 unspecified atom stereocenters. The molecule has 1 atom stereocenters. The summed E-state index contributed by atoms with van der Waals surface area (Å²) in [7, 11) is 1.71. The first-order valence-electron chi connectivity index (χ1n) is 6.11. The molecule has 2 rings (SSSR count). The maximum absolute atomic E-state index is 10.2. The highest BCUT2D eigenvalue weighted by atomic mass is 16.5. The van der Waals surface area contributed by atoms with Crippen molar-refractivity contribution in [2.75, 3.05) is 20.3 Å². The van der Waals surface area contributed by atoms with Crippen LogP contribution in [0.2, 0.25) is 0 Å². The van der Waals surface area contributed by atoms with Crippen molar-refractivity contribution in [2.24, 2.45) is 0 Å². The van der Waals surface area contributed by atoms with Gasteiger partial charge in [-0.05, 0) is 12.8 Å². The molecule has 0 bridgehead atoms. The Morgan fingerprint density at radius 3 is 2.56 bits per heavy atom. The van der Waals surface area contributed by atoms with Crippen LogP contribution in [-0.2, 0) is 9.47 Å². The van der Waals surface area contributed by atoms with Crippen molar-refractivity contribution in [2.45, 2.75) is 32.8 Å². The van der Waals surface area contributed by atoms with E-state index in [2.05, 4.69) is 4.98 Å². The van der Waals surface area contributed by atoms with Crippen molar-refractivity contribution in [3.05, 3.63) is 33.1 Å². The summed E-state index contributed by atoms with van der Waals surface area (Å²) >= 11 is 0. The standard InChI is InChI=1S/C6H12O2.C4H4N2O2.C2H6/c1-7-5-6-3-2-4-8-6;7-3-1-2-5-4(8)6-3;1-2/h6H,2-5H2,1H3;1-2H,(H2,5,6,7,8);1-2H3. The minimum Gasteiger partial charge on any atom is -0.382 e. The number of H-pyrrole nitrogens is 2. The average molecular weight is 258 g/mol. The number of aromatic nitrogens is 2. The van der Waals surface area contributed by atoms with Crippen LogP contribution in [0.25, 0.3) is 0 Å². The SMILES string of the molecule is CC.COCC1CCCO1.O=c1cc[nH]c(=O)[nH]1. The third kappa shape index (κ3) is 7.81. The predicted molar refractivity (Wildman–Crippen MR) is 69.9 cm³/mol. The molecule has 1 aromatic heterocycles. The van der Waals surface area contributed by atoms with Gasteiger partial charge in [0.05, 0.1) is 12.7 Å². The Morgan fingerprint density at radius 2 is 2.17 bits per heavy atom. The van der Waals surface area contributed by atoms with Gasteiger partial charge in [-0.25, -0.2) is 4.79 Å². The summed E-state index contributed by atoms with van der Waals surface area (Å²) in [6.07, 6.45) is 4.06. The Morgan fingerprint density at radius 1 is 1.44 bits per heavy atom. The number of methoxy groups -OCH3 is 1. The van der Waals surface area contributed by atoms with Crippen LogP contribution < -0.4 is 11.2 Å². The van der Waals surface area contributed by atoms with Crippen LogP contribution in [0.4, 0.5) is 0 Å². The molecule has 0 aliphatic carbocycles. The molecule has 1 aliphatic rings. The lowest BCUT2D eigenvalue weighted by Gasteiger charge is -2.05. The van der Waals surface area contributed by atoms with Crippen LogP contribution in [-0.4, -0.2) is 36.4 Å². The Labute approximate surface area is 106 Å². The Balaban J connectivity index is 0.000000283. The molecule has 2 N–H and O–H groups in total. The molecule has 1 aromatic rings. The third-order valence-electron chi connectivity index (χ3n) is 2.06. The number of ether oxygens (including phenoxy) is 2. The lowest BCUT2D eigenvalue weighted by Crippen LogP contribution is -2.19. The van der Waals surface area contributed by atoms with Gasteiger partial charge in [0.2, 0.25) is 0 Å². The number of hydrogen-bond acceptors (Lipinski definition) is 4. The van der Waals surface area contributed by atoms with Gasteiger partial charge in [0.25, 0.3) is 5.56 Å². The van der Waals surface area contributed by atoms with E-state index in [9.17, 15) is 9.59 Å². The molecule has 0 amide bonds. The molecule has 1 fully saturated rings. The maximum Gasteiger partial charge on any atom is 0.325 e. The van der Waals surface area contributed by atoms with E-state index >= 15 is 0 Å². The Bertz CT molecular complexity index is 368. The van der Waals surface area contributed by atoms with Crippen LogP contribution in [0, 0.1) is 0 Å². The van der Waals surface area contributed by atoms with E-state index in [0.717, 1.165) is 13.2 Å². The van der Waals surface area contributed by atoms with Crippen LogP contribution in [0.5, 0.6) is 0 Å². The molecule has 6 heteroatoms. The summed E-state index contributed by atoms with van der Waals surface area (Å²) in [5, 5.41) is 0. The quantitative estimate of drug-likeness (QED) is 0.825. The van der Waals surface area contributed by atoms with Crippen LogP contribution in [0.3, 0.4) is 0 Å². The number of hydrogen-bond donors (Lipinski definition) is 2. The first-order valence-corrected chi connectivity index (χ1v) is 6.11.